The minimum Gasteiger partial charge on any atom is -0.489 e. The number of nitrogens with one attached hydrogen (secondary N) is 2. The molecular formula is C31H36N4O4S. The maximum atomic E-state index is 12.0. The van der Waals surface area contributed by atoms with Crippen molar-refractivity contribution in [2.45, 2.75) is 37.1 Å². The average Bonchev–Trinajstić information content (AvgIpc) is 3.30. The number of thioether (sulfide) groups is 1. The van der Waals surface area contributed by atoms with Gasteiger partial charge in [-0.2, -0.15) is 11.8 Å². The lowest BCUT2D eigenvalue weighted by Gasteiger charge is -2.30. The highest BCUT2D eigenvalue weighted by molar-refractivity contribution is 7.99. The van der Waals surface area contributed by atoms with Crippen LogP contribution in [0.2, 0.25) is 0 Å². The summed E-state index contributed by atoms with van der Waals surface area (Å²) in [6, 6.07) is 22.2. The Morgan fingerprint density at radius 3 is 2.55 bits per heavy atom. The van der Waals surface area contributed by atoms with Gasteiger partial charge in [-0.25, -0.2) is 0 Å². The smallest absolute Gasteiger partial charge is 0.239 e. The Bertz CT molecular complexity index is 1310. The normalized spacial score (nSPS) is 17.0. The summed E-state index contributed by atoms with van der Waals surface area (Å²) >= 11 is 1.42. The van der Waals surface area contributed by atoms with Crippen LogP contribution < -0.4 is 29.9 Å². The second-order valence-corrected chi connectivity index (χ2v) is 11.1. The number of piperidine rings is 1. The zero-order chi connectivity index (χ0) is 27.9. The van der Waals surface area contributed by atoms with Crippen molar-refractivity contribution in [3.05, 3.63) is 72.3 Å². The Labute approximate surface area is 240 Å². The highest BCUT2D eigenvalue weighted by atomic mass is 32.2. The highest BCUT2D eigenvalue weighted by Crippen LogP contribution is 2.40. The first-order valence-corrected chi connectivity index (χ1v) is 15.0. The molecule has 1 fully saturated rings. The molecule has 9 heteroatoms. The molecule has 2 atom stereocenters. The molecule has 2 aliphatic heterocycles. The van der Waals surface area contributed by atoms with Crippen LogP contribution in [0.3, 0.4) is 0 Å². The minimum atomic E-state index is -0.320. The molecule has 40 heavy (non-hydrogen) atoms. The van der Waals surface area contributed by atoms with Crippen LogP contribution in [0, 0.1) is 0 Å². The van der Waals surface area contributed by atoms with Crippen LogP contribution >= 0.6 is 11.8 Å². The molecule has 3 aromatic carbocycles. The monoisotopic (exact) mass is 560 g/mol. The Hall–Kier alpha value is -3.85. The van der Waals surface area contributed by atoms with Gasteiger partial charge in [0.05, 0.1) is 22.3 Å². The van der Waals surface area contributed by atoms with Gasteiger partial charge in [-0.1, -0.05) is 24.3 Å². The third-order valence-corrected chi connectivity index (χ3v) is 8.41. The number of hydrogen-bond acceptors (Lipinski definition) is 8. The van der Waals surface area contributed by atoms with Crippen LogP contribution in [0.5, 0.6) is 17.2 Å². The number of benzene rings is 3. The summed E-state index contributed by atoms with van der Waals surface area (Å²) in [5.74, 6) is 2.16. The number of likely N-dealkylation sites (N-methyl/N-ethyl adjacent to an activating group) is 1. The molecule has 2 amide bonds. The molecule has 210 valence electrons. The Morgan fingerprint density at radius 2 is 1.80 bits per heavy atom. The molecule has 8 nitrogen and oxygen atoms in total. The lowest BCUT2D eigenvalue weighted by atomic mass is 10.1. The van der Waals surface area contributed by atoms with Crippen molar-refractivity contribution in [2.75, 3.05) is 48.1 Å². The van der Waals surface area contributed by atoms with E-state index in [9.17, 15) is 9.59 Å². The quantitative estimate of drug-likeness (QED) is 0.307. The topological polar surface area (TPSA) is 83.1 Å². The number of amides is 2. The molecule has 3 aromatic rings. The van der Waals surface area contributed by atoms with Gasteiger partial charge >= 0.3 is 0 Å². The molecule has 0 saturated carbocycles. The number of ether oxygens (including phenoxy) is 2. The molecule has 2 N–H and O–H groups in total. The number of anilines is 3. The predicted octanol–water partition coefficient (Wildman–Crippen LogP) is 5.28. The van der Waals surface area contributed by atoms with Gasteiger partial charge < -0.3 is 24.6 Å². The van der Waals surface area contributed by atoms with Crippen molar-refractivity contribution in [1.29, 1.82) is 0 Å². The van der Waals surface area contributed by atoms with Gasteiger partial charge in [0, 0.05) is 26.2 Å². The standard InChI is InChI=1S/C31H36N4O4S/c1-34-27-19-24(39-28-9-5-4-8-26(28)35-16-6-3-7-17-35)14-15-25(27)33-30(34)20-38-23-12-10-22(11-13-23)18-29(40-2)31(37)32-21-36/h4-5,8-15,19,21,29-30,33H,3,6-7,16-18,20H2,1-2H3,(H,32,36,37). The number of para-hydroxylation sites is 2. The summed E-state index contributed by atoms with van der Waals surface area (Å²) in [4.78, 5) is 27.2. The van der Waals surface area contributed by atoms with Crippen LogP contribution in [0.1, 0.15) is 24.8 Å². The number of carbonyl (C=O) groups is 2. The van der Waals surface area contributed by atoms with E-state index in [1.807, 2.05) is 55.8 Å². The molecule has 0 aliphatic carbocycles. The number of carbonyl (C=O) groups excluding carboxylic acids is 2. The van der Waals surface area contributed by atoms with Crippen molar-refractivity contribution in [2.24, 2.45) is 0 Å². The zero-order valence-corrected chi connectivity index (χ0v) is 23.8. The SMILES string of the molecule is CSC(Cc1ccc(OCC2Nc3ccc(Oc4ccccc4N4CCCCC4)cc3N2C)cc1)C(=O)NC=O. The van der Waals surface area contributed by atoms with E-state index in [2.05, 4.69) is 44.7 Å². The summed E-state index contributed by atoms with van der Waals surface area (Å²) in [5.41, 5.74) is 4.26. The van der Waals surface area contributed by atoms with Crippen molar-refractivity contribution < 1.29 is 19.1 Å². The molecule has 5 rings (SSSR count). The second-order valence-electron chi connectivity index (χ2n) is 10.1. The number of rotatable bonds is 11. The second kappa shape index (κ2) is 13.0. The zero-order valence-electron chi connectivity index (χ0n) is 23.0. The average molecular weight is 561 g/mol. The summed E-state index contributed by atoms with van der Waals surface area (Å²) in [5, 5.41) is 5.46. The molecule has 2 aliphatic rings. The number of nitrogens with zero attached hydrogens (tertiary/aromatic N) is 2. The Morgan fingerprint density at radius 1 is 1.05 bits per heavy atom. The van der Waals surface area contributed by atoms with Crippen LogP contribution in [0.15, 0.2) is 66.7 Å². The molecule has 0 aromatic heterocycles. The summed E-state index contributed by atoms with van der Waals surface area (Å²) in [6.07, 6.45) is 6.53. The fourth-order valence-corrected chi connectivity index (χ4v) is 5.84. The first-order valence-electron chi connectivity index (χ1n) is 13.7. The van der Waals surface area contributed by atoms with Crippen LogP contribution in [-0.4, -0.2) is 56.7 Å². The van der Waals surface area contributed by atoms with E-state index in [0.717, 1.165) is 53.0 Å². The van der Waals surface area contributed by atoms with Gasteiger partial charge in [0.25, 0.3) is 0 Å². The molecular weight excluding hydrogens is 524 g/mol. The summed E-state index contributed by atoms with van der Waals surface area (Å²) in [6.45, 7) is 2.59. The van der Waals surface area contributed by atoms with E-state index in [1.54, 1.807) is 0 Å². The van der Waals surface area contributed by atoms with Gasteiger partial charge in [0.1, 0.15) is 24.3 Å². The lowest BCUT2D eigenvalue weighted by Crippen LogP contribution is -2.37. The van der Waals surface area contributed by atoms with Crippen LogP contribution in [-0.2, 0) is 16.0 Å². The highest BCUT2D eigenvalue weighted by Gasteiger charge is 2.27. The molecule has 2 unspecified atom stereocenters. The largest absolute Gasteiger partial charge is 0.489 e. The number of hydrogen-bond donors (Lipinski definition) is 2. The van der Waals surface area contributed by atoms with Gasteiger partial charge in [0.15, 0.2) is 5.75 Å². The Kier molecular flexibility index (Phi) is 9.01. The molecule has 0 radical (unpaired) electrons. The van der Waals surface area contributed by atoms with Gasteiger partial charge in [0.2, 0.25) is 12.3 Å². The summed E-state index contributed by atoms with van der Waals surface area (Å²) in [7, 11) is 2.05. The van der Waals surface area contributed by atoms with E-state index in [0.29, 0.717) is 19.4 Å². The predicted molar refractivity (Wildman–Crippen MR) is 162 cm³/mol. The third kappa shape index (κ3) is 6.47. The van der Waals surface area contributed by atoms with Gasteiger partial charge in [-0.3, -0.25) is 14.9 Å². The molecule has 0 bridgehead atoms. The van der Waals surface area contributed by atoms with Gasteiger partial charge in [-0.15, -0.1) is 0 Å². The van der Waals surface area contributed by atoms with Crippen LogP contribution in [0.4, 0.5) is 17.1 Å². The number of imide groups is 1. The first kappa shape index (κ1) is 27.7. The third-order valence-electron chi connectivity index (χ3n) is 7.46. The fraction of sp³-hybridized carbons (Fsp3) is 0.355. The molecule has 2 heterocycles. The maximum absolute atomic E-state index is 12.0. The van der Waals surface area contributed by atoms with E-state index in [-0.39, 0.29) is 17.3 Å². The van der Waals surface area contributed by atoms with E-state index in [1.165, 1.54) is 31.0 Å². The van der Waals surface area contributed by atoms with Gasteiger partial charge in [-0.05, 0) is 73.9 Å². The van der Waals surface area contributed by atoms with Crippen molar-refractivity contribution in [3.8, 4) is 17.2 Å². The van der Waals surface area contributed by atoms with Crippen molar-refractivity contribution in [3.63, 3.8) is 0 Å². The lowest BCUT2D eigenvalue weighted by molar-refractivity contribution is -0.124. The minimum absolute atomic E-state index is 0.0292. The fourth-order valence-electron chi connectivity index (χ4n) is 5.20. The van der Waals surface area contributed by atoms with E-state index < -0.39 is 0 Å². The maximum Gasteiger partial charge on any atom is 0.239 e. The van der Waals surface area contributed by atoms with Crippen molar-refractivity contribution >= 4 is 41.1 Å². The molecule has 0 spiro atoms. The van der Waals surface area contributed by atoms with E-state index in [4.69, 9.17) is 9.47 Å². The Balaban J connectivity index is 1.18. The van der Waals surface area contributed by atoms with Crippen LogP contribution in [0.25, 0.3) is 0 Å². The van der Waals surface area contributed by atoms with Crippen molar-refractivity contribution in [1.82, 2.24) is 5.32 Å². The first-order chi connectivity index (χ1) is 19.6. The van der Waals surface area contributed by atoms with E-state index >= 15 is 0 Å². The number of fused-ring (bicyclic) bond motifs is 1. The molecule has 1 saturated heterocycles. The summed E-state index contributed by atoms with van der Waals surface area (Å²) < 4.78 is 12.5.